The highest BCUT2D eigenvalue weighted by molar-refractivity contribution is 8.15. The van der Waals surface area contributed by atoms with Crippen LogP contribution in [0.5, 0.6) is 5.75 Å². The second-order valence-electron chi connectivity index (χ2n) is 7.91. The number of ether oxygens (including phenoxy) is 1. The summed E-state index contributed by atoms with van der Waals surface area (Å²) in [6.07, 6.45) is 0.779. The molecule has 1 saturated heterocycles. The first-order valence-corrected chi connectivity index (χ1v) is 12.7. The summed E-state index contributed by atoms with van der Waals surface area (Å²) >= 11 is 7.43. The molecule has 1 N–H and O–H groups in total. The SMILES string of the molecule is CCOc1ccc(NC(=O)C2CC(=O)N(CCc3ccccc3)C(=Nc3cccc(Cl)c3)S2)cc1. The Morgan fingerprint density at radius 2 is 1.89 bits per heavy atom. The monoisotopic (exact) mass is 507 g/mol. The van der Waals surface area contributed by atoms with Crippen LogP contribution in [0.1, 0.15) is 18.9 Å². The van der Waals surface area contributed by atoms with Crippen LogP contribution in [0.25, 0.3) is 0 Å². The van der Waals surface area contributed by atoms with Crippen molar-refractivity contribution in [2.24, 2.45) is 4.99 Å². The molecule has 4 rings (SSSR count). The predicted octanol–water partition coefficient (Wildman–Crippen LogP) is 5.94. The summed E-state index contributed by atoms with van der Waals surface area (Å²) in [5.41, 5.74) is 2.40. The van der Waals surface area contributed by atoms with Gasteiger partial charge in [-0.25, -0.2) is 4.99 Å². The molecule has 180 valence electrons. The average Bonchev–Trinajstić information content (AvgIpc) is 2.85. The lowest BCUT2D eigenvalue weighted by molar-refractivity contribution is -0.129. The summed E-state index contributed by atoms with van der Waals surface area (Å²) in [5.74, 6) is 0.360. The van der Waals surface area contributed by atoms with Crippen molar-refractivity contribution < 1.29 is 14.3 Å². The zero-order chi connectivity index (χ0) is 24.6. The minimum absolute atomic E-state index is 0.0941. The molecule has 1 fully saturated rings. The van der Waals surface area contributed by atoms with Crippen molar-refractivity contribution in [1.82, 2.24) is 4.90 Å². The number of hydrogen-bond acceptors (Lipinski definition) is 5. The van der Waals surface area contributed by atoms with E-state index < -0.39 is 5.25 Å². The van der Waals surface area contributed by atoms with E-state index in [1.807, 2.05) is 49.4 Å². The number of carbonyl (C=O) groups is 2. The predicted molar refractivity (Wildman–Crippen MR) is 143 cm³/mol. The van der Waals surface area contributed by atoms with Gasteiger partial charge in [0.25, 0.3) is 0 Å². The molecule has 1 aliphatic rings. The fourth-order valence-corrected chi connectivity index (χ4v) is 4.94. The van der Waals surface area contributed by atoms with E-state index in [0.29, 0.717) is 41.1 Å². The lowest BCUT2D eigenvalue weighted by atomic mass is 10.1. The van der Waals surface area contributed by atoms with Crippen LogP contribution < -0.4 is 10.1 Å². The Morgan fingerprint density at radius 3 is 2.60 bits per heavy atom. The molecule has 8 heteroatoms. The number of anilines is 1. The fourth-order valence-electron chi connectivity index (χ4n) is 3.63. The molecule has 35 heavy (non-hydrogen) atoms. The lowest BCUT2D eigenvalue weighted by Crippen LogP contribution is -2.46. The Kier molecular flexibility index (Phi) is 8.45. The van der Waals surface area contributed by atoms with Gasteiger partial charge in [0.15, 0.2) is 5.17 Å². The molecular formula is C27H26ClN3O3S. The van der Waals surface area contributed by atoms with E-state index in [4.69, 9.17) is 21.3 Å². The van der Waals surface area contributed by atoms with Gasteiger partial charge in [-0.1, -0.05) is 59.8 Å². The summed E-state index contributed by atoms with van der Waals surface area (Å²) < 4.78 is 5.45. The Morgan fingerprint density at radius 1 is 1.11 bits per heavy atom. The average molecular weight is 508 g/mol. The van der Waals surface area contributed by atoms with Crippen LogP contribution >= 0.6 is 23.4 Å². The molecule has 0 saturated carbocycles. The molecule has 3 aromatic carbocycles. The molecule has 0 aromatic heterocycles. The summed E-state index contributed by atoms with van der Waals surface area (Å²) in [6.45, 7) is 2.96. The molecule has 0 bridgehead atoms. The number of amides is 2. The van der Waals surface area contributed by atoms with Crippen LogP contribution in [0.3, 0.4) is 0 Å². The number of benzene rings is 3. The second kappa shape index (κ2) is 11.9. The van der Waals surface area contributed by atoms with E-state index in [-0.39, 0.29) is 18.2 Å². The van der Waals surface area contributed by atoms with Crippen molar-refractivity contribution in [3.8, 4) is 5.75 Å². The molecule has 0 spiro atoms. The Bertz CT molecular complexity index is 1200. The van der Waals surface area contributed by atoms with Gasteiger partial charge in [0.05, 0.1) is 12.3 Å². The molecule has 0 radical (unpaired) electrons. The van der Waals surface area contributed by atoms with Gasteiger partial charge in [-0.3, -0.25) is 14.5 Å². The summed E-state index contributed by atoms with van der Waals surface area (Å²) in [6, 6.07) is 24.3. The third-order valence-electron chi connectivity index (χ3n) is 5.36. The minimum atomic E-state index is -0.597. The normalized spacial score (nSPS) is 16.9. The van der Waals surface area contributed by atoms with E-state index >= 15 is 0 Å². The van der Waals surface area contributed by atoms with E-state index in [2.05, 4.69) is 5.32 Å². The maximum absolute atomic E-state index is 13.2. The van der Waals surface area contributed by atoms with E-state index in [1.165, 1.54) is 11.8 Å². The number of hydrogen-bond donors (Lipinski definition) is 1. The molecule has 1 unspecified atom stereocenters. The quantitative estimate of drug-likeness (QED) is 0.409. The van der Waals surface area contributed by atoms with Crippen molar-refractivity contribution in [2.75, 3.05) is 18.5 Å². The standard InChI is InChI=1S/C27H26ClN3O3S/c1-2-34-23-13-11-21(12-14-23)29-26(33)24-18-25(32)31(16-15-19-7-4-3-5-8-19)27(35-24)30-22-10-6-9-20(28)17-22/h3-14,17,24H,2,15-16,18H2,1H3,(H,29,33). The topological polar surface area (TPSA) is 71.0 Å². The van der Waals surface area contributed by atoms with Gasteiger partial charge in [0, 0.05) is 23.7 Å². The first kappa shape index (κ1) is 24.8. The third kappa shape index (κ3) is 6.87. The minimum Gasteiger partial charge on any atom is -0.494 e. The maximum Gasteiger partial charge on any atom is 0.238 e. The van der Waals surface area contributed by atoms with Crippen LogP contribution in [-0.2, 0) is 16.0 Å². The molecule has 3 aromatic rings. The molecule has 1 atom stereocenters. The van der Waals surface area contributed by atoms with Gasteiger partial charge in [-0.2, -0.15) is 0 Å². The van der Waals surface area contributed by atoms with Gasteiger partial charge in [-0.15, -0.1) is 0 Å². The first-order chi connectivity index (χ1) is 17.0. The van der Waals surface area contributed by atoms with Crippen LogP contribution in [0, 0.1) is 0 Å². The Labute approximate surface area is 214 Å². The molecule has 1 heterocycles. The van der Waals surface area contributed by atoms with E-state index in [1.54, 1.807) is 41.3 Å². The zero-order valence-corrected chi connectivity index (χ0v) is 20.9. The summed E-state index contributed by atoms with van der Waals surface area (Å²) in [4.78, 5) is 32.6. The Hall–Kier alpha value is -3.29. The molecule has 0 aliphatic carbocycles. The van der Waals surface area contributed by atoms with Gasteiger partial charge in [-0.05, 0) is 61.4 Å². The molecule has 1 aliphatic heterocycles. The number of rotatable bonds is 8. The lowest BCUT2D eigenvalue weighted by Gasteiger charge is -2.32. The number of nitrogens with zero attached hydrogens (tertiary/aromatic N) is 2. The number of nitrogens with one attached hydrogen (secondary N) is 1. The van der Waals surface area contributed by atoms with Crippen LogP contribution in [0.2, 0.25) is 5.02 Å². The van der Waals surface area contributed by atoms with E-state index in [9.17, 15) is 9.59 Å². The molecular weight excluding hydrogens is 482 g/mol. The van der Waals surface area contributed by atoms with E-state index in [0.717, 1.165) is 11.3 Å². The second-order valence-corrected chi connectivity index (χ2v) is 9.52. The highest BCUT2D eigenvalue weighted by Crippen LogP contribution is 2.31. The first-order valence-electron chi connectivity index (χ1n) is 11.4. The fraction of sp³-hybridized carbons (Fsp3) is 0.222. The van der Waals surface area contributed by atoms with Crippen molar-refractivity contribution in [2.45, 2.75) is 25.0 Å². The summed E-state index contributed by atoms with van der Waals surface area (Å²) in [7, 11) is 0. The van der Waals surface area contributed by atoms with Gasteiger partial charge >= 0.3 is 0 Å². The highest BCUT2D eigenvalue weighted by atomic mass is 35.5. The van der Waals surface area contributed by atoms with Gasteiger partial charge < -0.3 is 10.1 Å². The largest absolute Gasteiger partial charge is 0.494 e. The number of thioether (sulfide) groups is 1. The molecule has 6 nitrogen and oxygen atoms in total. The number of carbonyl (C=O) groups excluding carboxylic acids is 2. The van der Waals surface area contributed by atoms with Crippen LogP contribution in [-0.4, -0.2) is 40.3 Å². The maximum atomic E-state index is 13.2. The zero-order valence-electron chi connectivity index (χ0n) is 19.3. The van der Waals surface area contributed by atoms with Gasteiger partial charge in [0.1, 0.15) is 11.0 Å². The number of amidine groups is 1. The third-order valence-corrected chi connectivity index (χ3v) is 6.79. The van der Waals surface area contributed by atoms with Crippen molar-refractivity contribution in [1.29, 1.82) is 0 Å². The van der Waals surface area contributed by atoms with Crippen molar-refractivity contribution in [3.05, 3.63) is 89.4 Å². The van der Waals surface area contributed by atoms with Gasteiger partial charge in [0.2, 0.25) is 11.8 Å². The van der Waals surface area contributed by atoms with Crippen molar-refractivity contribution in [3.63, 3.8) is 0 Å². The van der Waals surface area contributed by atoms with Crippen LogP contribution in [0.4, 0.5) is 11.4 Å². The number of aliphatic imine (C=N–C) groups is 1. The van der Waals surface area contributed by atoms with Crippen LogP contribution in [0.15, 0.2) is 83.9 Å². The Balaban J connectivity index is 1.52. The summed E-state index contributed by atoms with van der Waals surface area (Å²) in [5, 5.41) is 3.36. The van der Waals surface area contributed by atoms with Crippen molar-refractivity contribution >= 4 is 51.7 Å². The molecule has 2 amide bonds. The highest BCUT2D eigenvalue weighted by Gasteiger charge is 2.35. The number of halogens is 1. The smallest absolute Gasteiger partial charge is 0.238 e.